The van der Waals surface area contributed by atoms with Gasteiger partial charge in [0.2, 0.25) is 0 Å². The van der Waals surface area contributed by atoms with Crippen molar-refractivity contribution in [2.75, 3.05) is 0 Å². The molecule has 0 saturated heterocycles. The van der Waals surface area contributed by atoms with E-state index in [1.807, 2.05) is 24.3 Å². The minimum atomic E-state index is -1.25. The molecule has 0 spiro atoms. The molecule has 4 nitrogen and oxygen atoms in total. The lowest BCUT2D eigenvalue weighted by atomic mass is 10.2. The van der Waals surface area contributed by atoms with E-state index in [9.17, 15) is 14.7 Å². The first-order chi connectivity index (χ1) is 13.0. The first-order valence-corrected chi connectivity index (χ1v) is 9.38. The molecule has 0 unspecified atom stereocenters. The van der Waals surface area contributed by atoms with E-state index >= 15 is 0 Å². The van der Waals surface area contributed by atoms with Crippen LogP contribution >= 0.6 is 34.5 Å². The normalized spacial score (nSPS) is 11.3. The Hall–Kier alpha value is -2.60. The van der Waals surface area contributed by atoms with Crippen LogP contribution in [-0.4, -0.2) is 17.0 Å². The quantitative estimate of drug-likeness (QED) is 0.532. The molecule has 1 heterocycles. The molecule has 1 aromatic heterocycles. The molecule has 3 aromatic rings. The number of carbonyl (C=O) groups excluding carboxylic acids is 1. The summed E-state index contributed by atoms with van der Waals surface area (Å²) in [5, 5.41) is 12.7. The Morgan fingerprint density at radius 3 is 2.26 bits per heavy atom. The van der Waals surface area contributed by atoms with Gasteiger partial charge in [-0.25, -0.2) is 4.79 Å². The standard InChI is InChI=1S/C20H13Cl2NO3S/c21-15-7-3-1-5-13(15)18-10-9-12(27-18)11-17(20(25)26)23-19(24)14-6-2-4-8-16(14)22/h1-11H,(H,23,24)(H,25,26)/b17-11-. The van der Waals surface area contributed by atoms with Gasteiger partial charge in [-0.1, -0.05) is 53.5 Å². The highest BCUT2D eigenvalue weighted by atomic mass is 35.5. The fourth-order valence-corrected chi connectivity index (χ4v) is 3.87. The lowest BCUT2D eigenvalue weighted by Gasteiger charge is -2.07. The van der Waals surface area contributed by atoms with Crippen molar-refractivity contribution in [1.29, 1.82) is 0 Å². The Balaban J connectivity index is 1.87. The van der Waals surface area contributed by atoms with Crippen molar-refractivity contribution >= 4 is 52.5 Å². The third kappa shape index (κ3) is 4.57. The second-order valence-electron chi connectivity index (χ2n) is 5.48. The maximum absolute atomic E-state index is 12.3. The largest absolute Gasteiger partial charge is 0.477 e. The summed E-state index contributed by atoms with van der Waals surface area (Å²) in [7, 11) is 0. The molecule has 1 amide bonds. The molecule has 0 aliphatic carbocycles. The molecule has 0 bridgehead atoms. The average molecular weight is 418 g/mol. The number of benzene rings is 2. The molecule has 3 rings (SSSR count). The van der Waals surface area contributed by atoms with E-state index in [1.54, 1.807) is 30.3 Å². The Bertz CT molecular complexity index is 1040. The van der Waals surface area contributed by atoms with Crippen molar-refractivity contribution in [2.45, 2.75) is 0 Å². The third-order valence-corrected chi connectivity index (χ3v) is 5.37. The minimum Gasteiger partial charge on any atom is -0.477 e. The van der Waals surface area contributed by atoms with Crippen LogP contribution in [0.5, 0.6) is 0 Å². The highest BCUT2D eigenvalue weighted by molar-refractivity contribution is 7.16. The number of hydrogen-bond donors (Lipinski definition) is 2. The monoisotopic (exact) mass is 417 g/mol. The van der Waals surface area contributed by atoms with E-state index in [-0.39, 0.29) is 16.3 Å². The summed E-state index contributed by atoms with van der Waals surface area (Å²) in [6, 6.07) is 17.5. The van der Waals surface area contributed by atoms with Gasteiger partial charge in [0.15, 0.2) is 0 Å². The van der Waals surface area contributed by atoms with Gasteiger partial charge >= 0.3 is 5.97 Å². The van der Waals surface area contributed by atoms with E-state index < -0.39 is 11.9 Å². The van der Waals surface area contributed by atoms with E-state index in [2.05, 4.69) is 5.32 Å². The number of carbonyl (C=O) groups is 2. The number of carboxylic acids is 1. The van der Waals surface area contributed by atoms with Crippen LogP contribution in [0.25, 0.3) is 16.5 Å². The highest BCUT2D eigenvalue weighted by Crippen LogP contribution is 2.33. The molecule has 2 N–H and O–H groups in total. The summed E-state index contributed by atoms with van der Waals surface area (Å²) in [4.78, 5) is 25.4. The van der Waals surface area contributed by atoms with Crippen LogP contribution in [0, 0.1) is 0 Å². The van der Waals surface area contributed by atoms with Crippen LogP contribution in [-0.2, 0) is 4.79 Å². The van der Waals surface area contributed by atoms with Gasteiger partial charge in [-0.2, -0.15) is 0 Å². The number of halogens is 2. The molecule has 0 saturated carbocycles. The molecule has 0 radical (unpaired) electrons. The van der Waals surface area contributed by atoms with Crippen LogP contribution in [0.1, 0.15) is 15.2 Å². The second kappa shape index (κ2) is 8.39. The topological polar surface area (TPSA) is 66.4 Å². The minimum absolute atomic E-state index is 0.203. The van der Waals surface area contributed by atoms with Crippen LogP contribution in [0.2, 0.25) is 10.0 Å². The fourth-order valence-electron chi connectivity index (χ4n) is 2.36. The molecule has 136 valence electrons. The van der Waals surface area contributed by atoms with Crippen molar-refractivity contribution in [3.05, 3.63) is 86.8 Å². The van der Waals surface area contributed by atoms with Gasteiger partial charge in [-0.05, 0) is 36.4 Å². The van der Waals surface area contributed by atoms with Gasteiger partial charge in [0, 0.05) is 20.3 Å². The summed E-state index contributed by atoms with van der Waals surface area (Å²) in [6.45, 7) is 0. The van der Waals surface area contributed by atoms with Crippen LogP contribution in [0.3, 0.4) is 0 Å². The molecule has 0 atom stereocenters. The third-order valence-electron chi connectivity index (χ3n) is 3.65. The second-order valence-corrected chi connectivity index (χ2v) is 7.41. The van der Waals surface area contributed by atoms with Crippen LogP contribution in [0.4, 0.5) is 0 Å². The SMILES string of the molecule is O=C(O)/C(=C/c1ccc(-c2ccccc2Cl)s1)NC(=O)c1ccccc1Cl. The molecular weight excluding hydrogens is 405 g/mol. The van der Waals surface area contributed by atoms with E-state index in [0.717, 1.165) is 10.4 Å². The maximum atomic E-state index is 12.3. The van der Waals surface area contributed by atoms with Crippen molar-refractivity contribution in [1.82, 2.24) is 5.32 Å². The number of carboxylic acid groups (broad SMARTS) is 1. The number of aliphatic carboxylic acids is 1. The Kier molecular flexibility index (Phi) is 5.96. The van der Waals surface area contributed by atoms with E-state index in [1.165, 1.54) is 23.5 Å². The Morgan fingerprint density at radius 2 is 1.59 bits per heavy atom. The summed E-state index contributed by atoms with van der Waals surface area (Å²) >= 11 is 13.6. The molecule has 27 heavy (non-hydrogen) atoms. The van der Waals surface area contributed by atoms with E-state index in [4.69, 9.17) is 23.2 Å². The summed E-state index contributed by atoms with van der Waals surface area (Å²) in [5.41, 5.74) is 0.822. The first kappa shape index (κ1) is 19.2. The molecule has 2 aromatic carbocycles. The Morgan fingerprint density at radius 1 is 0.926 bits per heavy atom. The van der Waals surface area contributed by atoms with Gasteiger partial charge in [0.05, 0.1) is 10.6 Å². The lowest BCUT2D eigenvalue weighted by Crippen LogP contribution is -2.27. The first-order valence-electron chi connectivity index (χ1n) is 7.81. The summed E-state index contributed by atoms with van der Waals surface area (Å²) in [5.74, 6) is -1.83. The van der Waals surface area contributed by atoms with Crippen molar-refractivity contribution in [2.24, 2.45) is 0 Å². The number of rotatable bonds is 5. The summed E-state index contributed by atoms with van der Waals surface area (Å²) < 4.78 is 0. The maximum Gasteiger partial charge on any atom is 0.352 e. The molecule has 7 heteroatoms. The number of nitrogens with one attached hydrogen (secondary N) is 1. The zero-order chi connectivity index (χ0) is 19.4. The predicted octanol–water partition coefficient (Wildman–Crippen LogP) is 5.58. The zero-order valence-electron chi connectivity index (χ0n) is 13.8. The van der Waals surface area contributed by atoms with Crippen molar-refractivity contribution < 1.29 is 14.7 Å². The van der Waals surface area contributed by atoms with Crippen LogP contribution < -0.4 is 5.32 Å². The average Bonchev–Trinajstić information content (AvgIpc) is 3.10. The zero-order valence-corrected chi connectivity index (χ0v) is 16.1. The van der Waals surface area contributed by atoms with Gasteiger partial charge < -0.3 is 10.4 Å². The van der Waals surface area contributed by atoms with Gasteiger partial charge in [-0.15, -0.1) is 11.3 Å². The summed E-state index contributed by atoms with van der Waals surface area (Å²) in [6.07, 6.45) is 1.40. The number of thiophene rings is 1. The number of hydrogen-bond acceptors (Lipinski definition) is 3. The van der Waals surface area contributed by atoms with Crippen molar-refractivity contribution in [3.63, 3.8) is 0 Å². The van der Waals surface area contributed by atoms with E-state index in [0.29, 0.717) is 9.90 Å². The fraction of sp³-hybridized carbons (Fsp3) is 0. The molecular formula is C20H13Cl2NO3S. The van der Waals surface area contributed by atoms with Gasteiger partial charge in [-0.3, -0.25) is 4.79 Å². The Labute approximate surface area is 169 Å². The molecule has 0 aliphatic heterocycles. The van der Waals surface area contributed by atoms with Crippen LogP contribution in [0.15, 0.2) is 66.4 Å². The molecule has 0 aliphatic rings. The van der Waals surface area contributed by atoms with Crippen molar-refractivity contribution in [3.8, 4) is 10.4 Å². The lowest BCUT2D eigenvalue weighted by molar-refractivity contribution is -0.132. The van der Waals surface area contributed by atoms with Gasteiger partial charge in [0.1, 0.15) is 5.70 Å². The highest BCUT2D eigenvalue weighted by Gasteiger charge is 2.16. The van der Waals surface area contributed by atoms with Gasteiger partial charge in [0.25, 0.3) is 5.91 Å². The predicted molar refractivity (Wildman–Crippen MR) is 109 cm³/mol. The smallest absolute Gasteiger partial charge is 0.352 e. The number of amides is 1. The molecule has 0 fully saturated rings.